The molecule has 0 aliphatic heterocycles. The highest BCUT2D eigenvalue weighted by molar-refractivity contribution is 5.95. The van der Waals surface area contributed by atoms with Crippen LogP contribution in [-0.2, 0) is 11.2 Å². The second kappa shape index (κ2) is 9.77. The molecule has 0 radical (unpaired) electrons. The summed E-state index contributed by atoms with van der Waals surface area (Å²) in [4.78, 5) is 22.8. The van der Waals surface area contributed by atoms with E-state index in [4.69, 9.17) is 14.6 Å². The lowest BCUT2D eigenvalue weighted by atomic mass is 10.1. The monoisotopic (exact) mass is 384 g/mol. The molecule has 2 rings (SSSR count). The summed E-state index contributed by atoms with van der Waals surface area (Å²) in [5.74, 6) is -0.960. The maximum absolute atomic E-state index is 12.0. The lowest BCUT2D eigenvalue weighted by Gasteiger charge is -2.14. The molecule has 8 heteroatoms. The summed E-state index contributed by atoms with van der Waals surface area (Å²) >= 11 is 0. The second-order valence-corrected chi connectivity index (χ2v) is 5.64. The van der Waals surface area contributed by atoms with Gasteiger partial charge < -0.3 is 19.7 Å². The molecule has 0 fully saturated rings. The van der Waals surface area contributed by atoms with Crippen molar-refractivity contribution < 1.29 is 29.3 Å². The molecule has 0 bridgehead atoms. The maximum Gasteiger partial charge on any atom is 0.341 e. The topological polar surface area (TPSA) is 117 Å². The van der Waals surface area contributed by atoms with Crippen molar-refractivity contribution in [3.8, 4) is 17.2 Å². The number of nitrogens with zero attached hydrogens (tertiary/aromatic N) is 1. The molecule has 0 spiro atoms. The first-order chi connectivity index (χ1) is 13.4. The third kappa shape index (κ3) is 5.60. The first kappa shape index (κ1) is 20.5. The number of ether oxygens (including phenoxy) is 2. The van der Waals surface area contributed by atoms with E-state index in [1.54, 1.807) is 30.3 Å². The van der Waals surface area contributed by atoms with Gasteiger partial charge in [0.2, 0.25) is 0 Å². The number of carbonyl (C=O) groups is 2. The Morgan fingerprint density at radius 3 is 2.71 bits per heavy atom. The Morgan fingerprint density at radius 1 is 1.29 bits per heavy atom. The van der Waals surface area contributed by atoms with E-state index in [2.05, 4.69) is 17.1 Å². The molecule has 0 aliphatic rings. The molecule has 2 aromatic carbocycles. The lowest BCUT2D eigenvalue weighted by Crippen LogP contribution is -2.17. The number of carboxylic acids is 1. The van der Waals surface area contributed by atoms with E-state index in [0.29, 0.717) is 29.0 Å². The second-order valence-electron chi connectivity index (χ2n) is 5.64. The zero-order valence-corrected chi connectivity index (χ0v) is 15.2. The van der Waals surface area contributed by atoms with Gasteiger partial charge in [-0.3, -0.25) is 4.79 Å². The van der Waals surface area contributed by atoms with Gasteiger partial charge in [-0.2, -0.15) is 5.10 Å². The number of aromatic hydroxyl groups is 1. The SMILES string of the molecule is C=CCc1cc(/C=N/NC(=O)c2cccc(O)c2)cc(OC)c1OCC(=O)O. The molecule has 0 heterocycles. The number of hydrogen-bond acceptors (Lipinski definition) is 6. The van der Waals surface area contributed by atoms with Crippen LogP contribution in [0.5, 0.6) is 17.2 Å². The summed E-state index contributed by atoms with van der Waals surface area (Å²) in [6.45, 7) is 3.17. The highest BCUT2D eigenvalue weighted by atomic mass is 16.5. The van der Waals surface area contributed by atoms with E-state index in [1.165, 1.54) is 25.5 Å². The number of phenolic OH excluding ortho intramolecular Hbond substituents is 1. The van der Waals surface area contributed by atoms with Gasteiger partial charge in [0, 0.05) is 11.1 Å². The molecular formula is C20H20N2O6. The molecule has 28 heavy (non-hydrogen) atoms. The van der Waals surface area contributed by atoms with Crippen molar-refractivity contribution in [1.82, 2.24) is 5.43 Å². The van der Waals surface area contributed by atoms with Gasteiger partial charge in [-0.05, 0) is 42.3 Å². The smallest absolute Gasteiger partial charge is 0.341 e. The van der Waals surface area contributed by atoms with Crippen LogP contribution < -0.4 is 14.9 Å². The van der Waals surface area contributed by atoms with Crippen LogP contribution in [0.15, 0.2) is 54.2 Å². The number of carbonyl (C=O) groups excluding carboxylic acids is 1. The quantitative estimate of drug-likeness (QED) is 0.347. The summed E-state index contributed by atoms with van der Waals surface area (Å²) in [6.07, 6.45) is 3.48. The molecule has 0 aliphatic carbocycles. The van der Waals surface area contributed by atoms with Crippen LogP contribution >= 0.6 is 0 Å². The third-order valence-corrected chi connectivity index (χ3v) is 3.57. The number of amides is 1. The average Bonchev–Trinajstić information content (AvgIpc) is 2.66. The van der Waals surface area contributed by atoms with E-state index in [-0.39, 0.29) is 11.3 Å². The minimum atomic E-state index is -1.10. The van der Waals surface area contributed by atoms with Crippen LogP contribution in [0.3, 0.4) is 0 Å². The summed E-state index contributed by atoms with van der Waals surface area (Å²) in [5, 5.41) is 22.2. The van der Waals surface area contributed by atoms with Crippen LogP contribution in [-0.4, -0.2) is 42.0 Å². The van der Waals surface area contributed by atoms with Crippen molar-refractivity contribution in [2.45, 2.75) is 6.42 Å². The van der Waals surface area contributed by atoms with Gasteiger partial charge >= 0.3 is 5.97 Å². The normalized spacial score (nSPS) is 10.5. The van der Waals surface area contributed by atoms with Crippen molar-refractivity contribution in [2.75, 3.05) is 13.7 Å². The molecule has 146 valence electrons. The van der Waals surface area contributed by atoms with Gasteiger partial charge in [0.25, 0.3) is 5.91 Å². The van der Waals surface area contributed by atoms with Gasteiger partial charge in [0.15, 0.2) is 18.1 Å². The first-order valence-electron chi connectivity index (χ1n) is 8.23. The molecule has 1 amide bonds. The third-order valence-electron chi connectivity index (χ3n) is 3.57. The lowest BCUT2D eigenvalue weighted by molar-refractivity contribution is -0.139. The summed E-state index contributed by atoms with van der Waals surface area (Å²) in [7, 11) is 1.44. The number of nitrogens with one attached hydrogen (secondary N) is 1. The van der Waals surface area contributed by atoms with Crippen molar-refractivity contribution in [3.63, 3.8) is 0 Å². The van der Waals surface area contributed by atoms with Gasteiger partial charge in [-0.15, -0.1) is 6.58 Å². The zero-order valence-electron chi connectivity index (χ0n) is 15.2. The van der Waals surface area contributed by atoms with Crippen LogP contribution in [0.4, 0.5) is 0 Å². The Balaban J connectivity index is 2.21. The van der Waals surface area contributed by atoms with E-state index in [0.717, 1.165) is 0 Å². The van der Waals surface area contributed by atoms with Crippen LogP contribution in [0, 0.1) is 0 Å². The molecule has 2 aromatic rings. The number of hydrogen-bond donors (Lipinski definition) is 3. The molecule has 0 aromatic heterocycles. The minimum absolute atomic E-state index is 0.0209. The molecule has 8 nitrogen and oxygen atoms in total. The number of aliphatic carboxylic acids is 1. The van der Waals surface area contributed by atoms with Gasteiger partial charge in [0.05, 0.1) is 13.3 Å². The fraction of sp³-hybridized carbons (Fsp3) is 0.150. The van der Waals surface area contributed by atoms with E-state index in [9.17, 15) is 14.7 Å². The van der Waals surface area contributed by atoms with Crippen molar-refractivity contribution in [3.05, 3.63) is 65.7 Å². The molecular weight excluding hydrogens is 364 g/mol. The van der Waals surface area contributed by atoms with Crippen molar-refractivity contribution in [1.29, 1.82) is 0 Å². The average molecular weight is 384 g/mol. The fourth-order valence-corrected chi connectivity index (χ4v) is 2.39. The molecule has 0 saturated heterocycles. The number of allylic oxidation sites excluding steroid dienone is 1. The van der Waals surface area contributed by atoms with Gasteiger partial charge in [0.1, 0.15) is 5.75 Å². The highest BCUT2D eigenvalue weighted by Gasteiger charge is 2.14. The summed E-state index contributed by atoms with van der Waals surface area (Å²) in [5.41, 5.74) is 3.90. The predicted molar refractivity (Wildman–Crippen MR) is 103 cm³/mol. The maximum atomic E-state index is 12.0. The zero-order chi connectivity index (χ0) is 20.5. The number of phenols is 1. The summed E-state index contributed by atoms with van der Waals surface area (Å²) in [6, 6.07) is 9.21. The van der Waals surface area contributed by atoms with Gasteiger partial charge in [-0.1, -0.05) is 12.1 Å². The van der Waals surface area contributed by atoms with Crippen LogP contribution in [0.2, 0.25) is 0 Å². The first-order valence-corrected chi connectivity index (χ1v) is 8.23. The van der Waals surface area contributed by atoms with Crippen molar-refractivity contribution in [2.24, 2.45) is 5.10 Å². The standard InChI is InChI=1S/C20H20N2O6/c1-3-5-14-8-13(9-17(27-2)19(14)28-12-18(24)25)11-21-22-20(26)15-6-4-7-16(23)10-15/h3-4,6-11,23H,1,5,12H2,2H3,(H,22,26)(H,24,25)/b21-11+. The number of rotatable bonds is 9. The Kier molecular flexibility index (Phi) is 7.15. The Bertz CT molecular complexity index is 908. The van der Waals surface area contributed by atoms with E-state index < -0.39 is 18.5 Å². The Morgan fingerprint density at radius 2 is 2.07 bits per heavy atom. The van der Waals surface area contributed by atoms with Crippen molar-refractivity contribution >= 4 is 18.1 Å². The number of methoxy groups -OCH3 is 1. The van der Waals surface area contributed by atoms with E-state index in [1.807, 2.05) is 0 Å². The van der Waals surface area contributed by atoms with Crippen LogP contribution in [0.1, 0.15) is 21.5 Å². The largest absolute Gasteiger partial charge is 0.508 e. The van der Waals surface area contributed by atoms with Gasteiger partial charge in [-0.25, -0.2) is 10.2 Å². The molecule has 0 unspecified atom stereocenters. The fourth-order valence-electron chi connectivity index (χ4n) is 2.39. The predicted octanol–water partition coefficient (Wildman–Crippen LogP) is 2.36. The van der Waals surface area contributed by atoms with Crippen LogP contribution in [0.25, 0.3) is 0 Å². The summed E-state index contributed by atoms with van der Waals surface area (Å²) < 4.78 is 10.6. The Hall–Kier alpha value is -3.81. The molecule has 0 atom stereocenters. The highest BCUT2D eigenvalue weighted by Crippen LogP contribution is 2.33. The number of carboxylic acid groups (broad SMARTS) is 1. The molecule has 3 N–H and O–H groups in total. The number of benzene rings is 2. The van der Waals surface area contributed by atoms with E-state index >= 15 is 0 Å². The minimum Gasteiger partial charge on any atom is -0.508 e. The Labute approximate surface area is 161 Å². The molecule has 0 saturated carbocycles. The number of hydrazone groups is 1.